The molecule has 1 amide bonds. The molecule has 0 aliphatic carbocycles. The van der Waals surface area contributed by atoms with Crippen LogP contribution in [0.25, 0.3) is 0 Å². The number of nitrogens with one attached hydrogen (secondary N) is 1. The fourth-order valence-corrected chi connectivity index (χ4v) is 3.87. The topological polar surface area (TPSA) is 268 Å². The molecule has 1 heterocycles. The minimum atomic E-state index is -4.70. The molecular weight excluding hydrogens is 511 g/mol. The van der Waals surface area contributed by atoms with Gasteiger partial charge in [-0.2, -0.15) is 0 Å². The lowest BCUT2D eigenvalue weighted by atomic mass is 9.92. The smallest absolute Gasteiger partial charge is 0.394 e. The monoisotopic (exact) mass is 548 g/mol. The second-order valence-electron chi connectivity index (χ2n) is 8.17. The Morgan fingerprint density at radius 3 is 2.39 bits per heavy atom. The van der Waals surface area contributed by atoms with E-state index in [1.165, 1.54) is 6.92 Å². The van der Waals surface area contributed by atoms with Crippen LogP contribution >= 0.6 is 7.82 Å². The highest BCUT2D eigenvalue weighted by molar-refractivity contribution is 7.47. The first-order chi connectivity index (χ1) is 16.9. The van der Waals surface area contributed by atoms with Crippen LogP contribution in [0.15, 0.2) is 0 Å². The molecule has 0 aromatic carbocycles. The van der Waals surface area contributed by atoms with Gasteiger partial charge in [0.05, 0.1) is 39.1 Å². The molecular formula is C19H37N2O14P. The van der Waals surface area contributed by atoms with Crippen LogP contribution in [0, 0.1) is 5.92 Å². The van der Waals surface area contributed by atoms with Gasteiger partial charge in [-0.25, -0.2) is 4.57 Å². The molecule has 3 unspecified atom stereocenters. The molecule has 1 fully saturated rings. The Morgan fingerprint density at radius 2 is 1.81 bits per heavy atom. The summed E-state index contributed by atoms with van der Waals surface area (Å²) in [6.45, 7) is -1.74. The highest BCUT2D eigenvalue weighted by Crippen LogP contribution is 2.43. The fourth-order valence-electron chi connectivity index (χ4n) is 3.13. The van der Waals surface area contributed by atoms with Gasteiger partial charge >= 0.3 is 7.82 Å². The molecule has 1 aliphatic rings. The van der Waals surface area contributed by atoms with E-state index in [0.717, 1.165) is 0 Å². The number of hydrogen-bond donors (Lipinski definition) is 9. The molecule has 1 rings (SSSR count). The molecule has 36 heavy (non-hydrogen) atoms. The van der Waals surface area contributed by atoms with Crippen molar-refractivity contribution >= 4 is 19.5 Å². The minimum absolute atomic E-state index is 0.0418. The summed E-state index contributed by atoms with van der Waals surface area (Å²) in [5.41, 5.74) is 5.13. The van der Waals surface area contributed by atoms with E-state index in [1.54, 1.807) is 0 Å². The third kappa shape index (κ3) is 10.7. The van der Waals surface area contributed by atoms with Crippen LogP contribution in [-0.2, 0) is 32.7 Å². The van der Waals surface area contributed by atoms with Crippen LogP contribution in [-0.4, -0.2) is 130 Å². The van der Waals surface area contributed by atoms with E-state index in [-0.39, 0.29) is 31.7 Å². The van der Waals surface area contributed by atoms with Crippen molar-refractivity contribution in [1.82, 2.24) is 5.32 Å². The standard InChI is InChI=1S/C19H37N2O14P/c1-10-16(27)18(29)14(8-23)35-19(10)34-13(7-22)17(28)12(25)9-33-36(30,31)32-5-4-21-15(26)3-2-11(24)6-20/h10,12-14,16-19,22-23,25,27-29H,2-9,20H2,1H3,(H,21,26)(H,30,31)/t10?,12-,13+,14?,16+,17-,18+,19+/m0/s1. The summed E-state index contributed by atoms with van der Waals surface area (Å²) < 4.78 is 32.0. The lowest BCUT2D eigenvalue weighted by molar-refractivity contribution is -0.306. The normalized spacial score (nSPS) is 28.6. The summed E-state index contributed by atoms with van der Waals surface area (Å²) in [7, 11) is -4.70. The molecule has 212 valence electrons. The van der Waals surface area contributed by atoms with Crippen molar-refractivity contribution in [2.24, 2.45) is 11.7 Å². The lowest BCUT2D eigenvalue weighted by Crippen LogP contribution is -2.57. The Labute approximate surface area is 207 Å². The van der Waals surface area contributed by atoms with Gasteiger partial charge in [0.25, 0.3) is 0 Å². The quantitative estimate of drug-likeness (QED) is 0.0615. The highest BCUT2D eigenvalue weighted by Gasteiger charge is 2.44. The molecule has 0 radical (unpaired) electrons. The summed E-state index contributed by atoms with van der Waals surface area (Å²) in [6.07, 6.45) is -10.6. The van der Waals surface area contributed by atoms with Crippen LogP contribution in [0.3, 0.4) is 0 Å². The predicted octanol–water partition coefficient (Wildman–Crippen LogP) is -4.28. The Morgan fingerprint density at radius 1 is 1.14 bits per heavy atom. The zero-order valence-corrected chi connectivity index (χ0v) is 20.7. The number of carbonyl (C=O) groups excluding carboxylic acids is 2. The van der Waals surface area contributed by atoms with Gasteiger partial charge in [0, 0.05) is 25.3 Å². The predicted molar refractivity (Wildman–Crippen MR) is 119 cm³/mol. The second-order valence-corrected chi connectivity index (χ2v) is 9.62. The third-order valence-electron chi connectivity index (χ3n) is 5.40. The molecule has 0 saturated carbocycles. The van der Waals surface area contributed by atoms with Gasteiger partial charge in [0.1, 0.15) is 36.3 Å². The molecule has 0 aromatic heterocycles. The molecule has 0 bridgehead atoms. The van der Waals surface area contributed by atoms with E-state index in [9.17, 15) is 49.7 Å². The van der Waals surface area contributed by atoms with Gasteiger partial charge in [0.15, 0.2) is 6.29 Å². The average molecular weight is 548 g/mol. The maximum Gasteiger partial charge on any atom is 0.472 e. The number of carbonyl (C=O) groups is 2. The molecule has 16 nitrogen and oxygen atoms in total. The SMILES string of the molecule is CC1[C@H](O[C@H](CO)[C@@H](O)[C@@H](O)COP(=O)(O)OCCNC(=O)CCC(=O)CN)OC(CO)[C@@H](O)[C@@H]1O. The molecule has 10 N–H and O–H groups in total. The minimum Gasteiger partial charge on any atom is -0.394 e. The lowest BCUT2D eigenvalue weighted by Gasteiger charge is -2.42. The van der Waals surface area contributed by atoms with Gasteiger partial charge in [-0.1, -0.05) is 6.92 Å². The summed E-state index contributed by atoms with van der Waals surface area (Å²) in [5, 5.41) is 61.5. The van der Waals surface area contributed by atoms with E-state index in [1.807, 2.05) is 0 Å². The molecule has 0 aromatic rings. The van der Waals surface area contributed by atoms with E-state index in [0.29, 0.717) is 0 Å². The largest absolute Gasteiger partial charge is 0.472 e. The summed E-state index contributed by atoms with van der Waals surface area (Å²) in [4.78, 5) is 32.3. The first-order valence-corrected chi connectivity index (χ1v) is 12.7. The summed E-state index contributed by atoms with van der Waals surface area (Å²) >= 11 is 0. The summed E-state index contributed by atoms with van der Waals surface area (Å²) in [6, 6.07) is 0. The number of aliphatic hydroxyl groups excluding tert-OH is 6. The fraction of sp³-hybridized carbons (Fsp3) is 0.895. The van der Waals surface area contributed by atoms with Crippen LogP contribution in [0.4, 0.5) is 0 Å². The zero-order valence-electron chi connectivity index (χ0n) is 19.8. The van der Waals surface area contributed by atoms with Gasteiger partial charge in [0.2, 0.25) is 5.91 Å². The van der Waals surface area contributed by atoms with E-state index in [2.05, 4.69) is 14.4 Å². The van der Waals surface area contributed by atoms with Crippen molar-refractivity contribution in [2.45, 2.75) is 62.7 Å². The number of amides is 1. The van der Waals surface area contributed by atoms with E-state index >= 15 is 0 Å². The zero-order chi connectivity index (χ0) is 27.5. The number of nitrogens with two attached hydrogens (primary N) is 1. The second kappa shape index (κ2) is 16.0. The first kappa shape index (κ1) is 32.9. The van der Waals surface area contributed by atoms with Crippen molar-refractivity contribution in [1.29, 1.82) is 0 Å². The number of ketones is 1. The molecule has 17 heteroatoms. The number of phosphoric ester groups is 1. The van der Waals surface area contributed by atoms with E-state index < -0.39 is 89.0 Å². The number of rotatable bonds is 17. The highest BCUT2D eigenvalue weighted by atomic mass is 31.2. The van der Waals surface area contributed by atoms with Gasteiger partial charge in [-0.05, 0) is 0 Å². The number of aliphatic hydroxyl groups is 6. The van der Waals surface area contributed by atoms with Crippen LogP contribution in [0.2, 0.25) is 0 Å². The van der Waals surface area contributed by atoms with Crippen molar-refractivity contribution in [3.63, 3.8) is 0 Å². The van der Waals surface area contributed by atoms with Gasteiger partial charge < -0.3 is 56.1 Å². The van der Waals surface area contributed by atoms with Gasteiger partial charge in [-0.3, -0.25) is 18.6 Å². The number of phosphoric acid groups is 1. The summed E-state index contributed by atoms with van der Waals surface area (Å²) in [5.74, 6) is -1.63. The number of Topliss-reactive ketones (excluding diaryl/α,β-unsaturated/α-hetero) is 1. The third-order valence-corrected chi connectivity index (χ3v) is 6.38. The van der Waals surface area contributed by atoms with Crippen LogP contribution < -0.4 is 11.1 Å². The van der Waals surface area contributed by atoms with Crippen molar-refractivity contribution in [3.8, 4) is 0 Å². The molecule has 1 saturated heterocycles. The van der Waals surface area contributed by atoms with Crippen molar-refractivity contribution in [3.05, 3.63) is 0 Å². The molecule has 1 aliphatic heterocycles. The van der Waals surface area contributed by atoms with Gasteiger partial charge in [-0.15, -0.1) is 0 Å². The number of ether oxygens (including phenoxy) is 2. The van der Waals surface area contributed by atoms with Crippen LogP contribution in [0.1, 0.15) is 19.8 Å². The Bertz CT molecular complexity index is 728. The Balaban J connectivity index is 2.48. The number of hydrogen-bond acceptors (Lipinski definition) is 14. The molecule has 0 spiro atoms. The van der Waals surface area contributed by atoms with Crippen LogP contribution in [0.5, 0.6) is 0 Å². The Hall–Kier alpha value is -1.11. The van der Waals surface area contributed by atoms with Crippen molar-refractivity contribution < 1.29 is 68.2 Å². The maximum atomic E-state index is 11.9. The van der Waals surface area contributed by atoms with Crippen molar-refractivity contribution in [2.75, 3.05) is 39.5 Å². The maximum absolute atomic E-state index is 11.9. The average Bonchev–Trinajstić information content (AvgIpc) is 2.86. The Kier molecular flexibility index (Phi) is 14.6. The molecule has 9 atom stereocenters. The van der Waals surface area contributed by atoms with E-state index in [4.69, 9.17) is 15.2 Å². The first-order valence-electron chi connectivity index (χ1n) is 11.2.